The Morgan fingerprint density at radius 2 is 0.740 bits per heavy atom. The van der Waals surface area contributed by atoms with Gasteiger partial charge in [-0.1, -0.05) is 232 Å². The maximum Gasteiger partial charge on any atom is 0.361 e. The van der Waals surface area contributed by atoms with E-state index in [1.807, 2.05) is 21.1 Å². The third-order valence-electron chi connectivity index (χ3n) is 12.7. The van der Waals surface area contributed by atoms with Crippen LogP contribution in [-0.2, 0) is 33.3 Å². The SMILES string of the molecule is CC/C=C\C/C=C\C/C=C\C/C=C\C/C=C\C/C=C\C/C=C\C/C=C\CCCCC(=O)OC(COC(=O)CCCCCCCCCCCCCCC/C=C\C/C=C\CCCCCCC)COC(OCC[N+](C)(C)C)C(=O)O. The summed E-state index contributed by atoms with van der Waals surface area (Å²) in [7, 11) is 5.95. The van der Waals surface area contributed by atoms with Crippen molar-refractivity contribution in [3.8, 4) is 0 Å². The predicted molar refractivity (Wildman–Crippen MR) is 327 cm³/mol. The van der Waals surface area contributed by atoms with Crippen LogP contribution in [0.2, 0.25) is 0 Å². The van der Waals surface area contributed by atoms with E-state index in [9.17, 15) is 19.5 Å². The molecule has 9 heteroatoms. The van der Waals surface area contributed by atoms with Crippen LogP contribution in [0.3, 0.4) is 0 Å². The third-order valence-corrected chi connectivity index (χ3v) is 12.7. The summed E-state index contributed by atoms with van der Waals surface area (Å²) in [4.78, 5) is 37.5. The number of ether oxygens (including phenoxy) is 4. The van der Waals surface area contributed by atoms with Crippen LogP contribution in [0.4, 0.5) is 0 Å². The molecule has 0 bridgehead atoms. The Morgan fingerprint density at radius 1 is 0.403 bits per heavy atom. The van der Waals surface area contributed by atoms with Crippen molar-refractivity contribution >= 4 is 17.9 Å². The molecule has 77 heavy (non-hydrogen) atoms. The lowest BCUT2D eigenvalue weighted by atomic mass is 10.0. The van der Waals surface area contributed by atoms with Gasteiger partial charge in [0.05, 0.1) is 34.4 Å². The monoisotopic (exact) mass is 1070 g/mol. The molecule has 0 saturated heterocycles. The fourth-order valence-corrected chi connectivity index (χ4v) is 8.00. The second-order valence-corrected chi connectivity index (χ2v) is 21.3. The van der Waals surface area contributed by atoms with E-state index in [0.29, 0.717) is 17.4 Å². The largest absolute Gasteiger partial charge is 0.477 e. The maximum atomic E-state index is 12.9. The topological polar surface area (TPSA) is 108 Å². The molecule has 0 rings (SSSR count). The van der Waals surface area contributed by atoms with E-state index in [1.165, 1.54) is 109 Å². The molecule has 0 aliphatic rings. The number of nitrogens with zero attached hydrogens (tertiary/aromatic N) is 1. The molecule has 0 fully saturated rings. The lowest BCUT2D eigenvalue weighted by molar-refractivity contribution is -0.870. The lowest BCUT2D eigenvalue weighted by Crippen LogP contribution is -2.40. The van der Waals surface area contributed by atoms with Gasteiger partial charge in [0, 0.05) is 12.8 Å². The number of esters is 2. The van der Waals surface area contributed by atoms with E-state index in [4.69, 9.17) is 18.9 Å². The Balaban J connectivity index is 4.34. The minimum Gasteiger partial charge on any atom is -0.477 e. The van der Waals surface area contributed by atoms with Gasteiger partial charge in [-0.15, -0.1) is 0 Å². The van der Waals surface area contributed by atoms with Crippen molar-refractivity contribution in [3.05, 3.63) is 122 Å². The van der Waals surface area contributed by atoms with Crippen LogP contribution in [-0.4, -0.2) is 87.4 Å². The summed E-state index contributed by atoms with van der Waals surface area (Å²) in [5.74, 6) is -2.08. The van der Waals surface area contributed by atoms with Crippen LogP contribution >= 0.6 is 0 Å². The van der Waals surface area contributed by atoms with Crippen LogP contribution in [0.15, 0.2) is 122 Å². The van der Waals surface area contributed by atoms with E-state index in [2.05, 4.69) is 135 Å². The van der Waals surface area contributed by atoms with Gasteiger partial charge in [0.2, 0.25) is 0 Å². The third kappa shape index (κ3) is 59.2. The molecule has 2 unspecified atom stereocenters. The van der Waals surface area contributed by atoms with Gasteiger partial charge in [-0.25, -0.2) is 4.79 Å². The summed E-state index contributed by atoms with van der Waals surface area (Å²) in [5.41, 5.74) is 0. The van der Waals surface area contributed by atoms with E-state index < -0.39 is 24.3 Å². The molecule has 438 valence electrons. The van der Waals surface area contributed by atoms with Crippen molar-refractivity contribution in [1.29, 1.82) is 0 Å². The summed E-state index contributed by atoms with van der Waals surface area (Å²) in [6.45, 7) is 4.70. The van der Waals surface area contributed by atoms with Crippen LogP contribution < -0.4 is 0 Å². The van der Waals surface area contributed by atoms with Crippen LogP contribution in [0.1, 0.15) is 232 Å². The highest BCUT2D eigenvalue weighted by atomic mass is 16.7. The first-order chi connectivity index (χ1) is 37.6. The second kappa shape index (κ2) is 57.9. The molecule has 0 amide bonds. The Labute approximate surface area is 472 Å². The zero-order chi connectivity index (χ0) is 56.2. The van der Waals surface area contributed by atoms with Crippen LogP contribution in [0.25, 0.3) is 0 Å². The van der Waals surface area contributed by atoms with Crippen molar-refractivity contribution in [2.75, 3.05) is 47.5 Å². The summed E-state index contributed by atoms with van der Waals surface area (Å²) < 4.78 is 22.8. The van der Waals surface area contributed by atoms with Gasteiger partial charge in [-0.05, 0) is 109 Å². The number of carboxylic acid groups (broad SMARTS) is 1. The number of aliphatic carboxylic acids is 1. The molecule has 0 aliphatic carbocycles. The van der Waals surface area contributed by atoms with Gasteiger partial charge < -0.3 is 28.5 Å². The average molecular weight is 1070 g/mol. The summed E-state index contributed by atoms with van der Waals surface area (Å²) in [5, 5.41) is 9.71. The molecule has 0 aromatic heterocycles. The number of rotatable bonds is 55. The van der Waals surface area contributed by atoms with Crippen LogP contribution in [0.5, 0.6) is 0 Å². The minimum absolute atomic E-state index is 0.172. The van der Waals surface area contributed by atoms with E-state index in [0.717, 1.165) is 89.9 Å². The first-order valence-corrected chi connectivity index (χ1v) is 30.7. The zero-order valence-corrected chi connectivity index (χ0v) is 49.8. The molecule has 0 aromatic rings. The van der Waals surface area contributed by atoms with Crippen molar-refractivity contribution in [2.24, 2.45) is 0 Å². The predicted octanol–water partition coefficient (Wildman–Crippen LogP) is 18.5. The molecule has 0 aromatic carbocycles. The standard InChI is InChI=1S/C68H113NO8/c1-6-8-10-12-14-16-18-20-22-24-26-28-30-32-33-35-37-39-41-43-45-47-49-51-53-55-57-59-66(71)77-64(63-76-68(67(72)73)74-61-60-69(3,4)5)62-75-65(70)58-56-54-52-50-48-46-44-42-40-38-36-34-31-29-27-25-23-21-19-17-15-13-11-9-7-2/h8,10,14,16,19-22,25-28,32-33,37,39,43,45,49,51,64,68H,6-7,9,11-13,15,17-18,23-24,29-31,34-36,38,40-42,44,46-48,50,52-63H2,1-5H3/p+1/b10-8-,16-14-,21-19-,22-20-,27-25-,28-26-,33-32-,39-37-,45-43-,51-49-. The summed E-state index contributed by atoms with van der Waals surface area (Å²) >= 11 is 0. The summed E-state index contributed by atoms with van der Waals surface area (Å²) in [6, 6.07) is 0. The fourth-order valence-electron chi connectivity index (χ4n) is 8.00. The highest BCUT2D eigenvalue weighted by molar-refractivity contribution is 5.71. The number of likely N-dealkylation sites (N-methyl/N-ethyl adjacent to an activating group) is 1. The molecule has 0 aliphatic heterocycles. The van der Waals surface area contributed by atoms with Crippen molar-refractivity contribution in [2.45, 2.75) is 245 Å². The van der Waals surface area contributed by atoms with E-state index in [-0.39, 0.29) is 38.6 Å². The number of carbonyl (C=O) groups excluding carboxylic acids is 2. The molecule has 9 nitrogen and oxygen atoms in total. The zero-order valence-electron chi connectivity index (χ0n) is 49.8. The number of carboxylic acids is 1. The normalized spacial score (nSPS) is 13.6. The highest BCUT2D eigenvalue weighted by Gasteiger charge is 2.25. The highest BCUT2D eigenvalue weighted by Crippen LogP contribution is 2.15. The average Bonchev–Trinajstić information content (AvgIpc) is 3.40. The summed E-state index contributed by atoms with van der Waals surface area (Å²) in [6.07, 6.45) is 78.6. The molecular formula is C68H114NO8+. The fraction of sp³-hybridized carbons (Fsp3) is 0.662. The number of unbranched alkanes of at least 4 members (excludes halogenated alkanes) is 20. The van der Waals surface area contributed by atoms with Gasteiger partial charge in [0.25, 0.3) is 6.29 Å². The van der Waals surface area contributed by atoms with Crippen LogP contribution in [0, 0.1) is 0 Å². The second-order valence-electron chi connectivity index (χ2n) is 21.3. The maximum absolute atomic E-state index is 12.9. The number of quaternary nitrogens is 1. The van der Waals surface area contributed by atoms with Gasteiger partial charge >= 0.3 is 17.9 Å². The lowest BCUT2D eigenvalue weighted by Gasteiger charge is -2.25. The van der Waals surface area contributed by atoms with Gasteiger partial charge in [0.1, 0.15) is 13.2 Å². The molecule has 0 spiro atoms. The molecule has 2 atom stereocenters. The minimum atomic E-state index is -1.53. The first kappa shape index (κ1) is 72.7. The van der Waals surface area contributed by atoms with E-state index >= 15 is 0 Å². The Hall–Kier alpha value is -4.31. The quantitative estimate of drug-likeness (QED) is 0.0211. The Kier molecular flexibility index (Phi) is 54.6. The van der Waals surface area contributed by atoms with Crippen molar-refractivity contribution in [1.82, 2.24) is 0 Å². The van der Waals surface area contributed by atoms with Gasteiger partial charge in [-0.3, -0.25) is 9.59 Å². The molecule has 0 saturated carbocycles. The number of carbonyl (C=O) groups is 3. The van der Waals surface area contributed by atoms with Crippen molar-refractivity contribution < 1.29 is 42.9 Å². The van der Waals surface area contributed by atoms with Gasteiger partial charge in [-0.2, -0.15) is 0 Å². The van der Waals surface area contributed by atoms with E-state index in [1.54, 1.807) is 0 Å². The number of allylic oxidation sites excluding steroid dienone is 20. The molecular weight excluding hydrogens is 959 g/mol. The molecule has 1 N–H and O–H groups in total. The van der Waals surface area contributed by atoms with Crippen molar-refractivity contribution in [3.63, 3.8) is 0 Å². The number of hydrogen-bond donors (Lipinski definition) is 1. The van der Waals surface area contributed by atoms with Gasteiger partial charge in [0.15, 0.2) is 6.10 Å². The molecule has 0 radical (unpaired) electrons. The Morgan fingerprint density at radius 3 is 1.13 bits per heavy atom. The Bertz CT molecular complexity index is 1670. The smallest absolute Gasteiger partial charge is 0.361 e. The number of hydrogen-bond acceptors (Lipinski definition) is 7. The molecule has 0 heterocycles. The first-order valence-electron chi connectivity index (χ1n) is 30.7.